The molecule has 5 heteroatoms. The highest BCUT2D eigenvalue weighted by atomic mass is 16.7. The molecule has 0 saturated carbocycles. The number of aliphatic hydroxyl groups excluding tert-OH is 1. The third-order valence-corrected chi connectivity index (χ3v) is 2.91. The van der Waals surface area contributed by atoms with Crippen LogP contribution in [-0.4, -0.2) is 34.1 Å². The smallest absolute Gasteiger partial charge is 0.307 e. The van der Waals surface area contributed by atoms with E-state index in [9.17, 15) is 9.90 Å². The lowest BCUT2D eigenvalue weighted by atomic mass is 9.92. The van der Waals surface area contributed by atoms with Crippen LogP contribution >= 0.6 is 0 Å². The van der Waals surface area contributed by atoms with Crippen molar-refractivity contribution in [1.29, 1.82) is 0 Å². The zero-order chi connectivity index (χ0) is 13.0. The lowest BCUT2D eigenvalue weighted by Crippen LogP contribution is -2.36. The van der Waals surface area contributed by atoms with E-state index >= 15 is 0 Å². The van der Waals surface area contributed by atoms with Crippen molar-refractivity contribution in [3.63, 3.8) is 0 Å². The molecule has 0 saturated heterocycles. The normalized spacial score (nSPS) is 22.4. The van der Waals surface area contributed by atoms with Crippen molar-refractivity contribution in [2.75, 3.05) is 6.61 Å². The molecule has 2 N–H and O–H groups in total. The van der Waals surface area contributed by atoms with Crippen molar-refractivity contribution in [2.45, 2.75) is 24.9 Å². The van der Waals surface area contributed by atoms with Crippen molar-refractivity contribution in [3.05, 3.63) is 35.9 Å². The molecule has 1 aromatic carbocycles. The summed E-state index contributed by atoms with van der Waals surface area (Å²) < 4.78 is 0. The maximum absolute atomic E-state index is 10.7. The Kier molecular flexibility index (Phi) is 3.62. The number of oxime groups is 1. The Hall–Kier alpha value is -1.88. The minimum absolute atomic E-state index is 0.245. The summed E-state index contributed by atoms with van der Waals surface area (Å²) in [5.41, 5.74) is 0.760. The maximum atomic E-state index is 10.7. The van der Waals surface area contributed by atoms with Crippen molar-refractivity contribution in [2.24, 2.45) is 5.16 Å². The minimum Gasteiger partial charge on any atom is -0.481 e. The van der Waals surface area contributed by atoms with E-state index in [2.05, 4.69) is 5.16 Å². The number of carboxylic acid groups (broad SMARTS) is 1. The van der Waals surface area contributed by atoms with Gasteiger partial charge in [-0.15, -0.1) is 0 Å². The van der Waals surface area contributed by atoms with Gasteiger partial charge in [0.15, 0.2) is 5.60 Å². The van der Waals surface area contributed by atoms with Crippen molar-refractivity contribution in [3.8, 4) is 0 Å². The largest absolute Gasteiger partial charge is 0.481 e. The van der Waals surface area contributed by atoms with Gasteiger partial charge in [-0.05, 0) is 5.56 Å². The van der Waals surface area contributed by atoms with Crippen LogP contribution in [-0.2, 0) is 16.1 Å². The SMILES string of the molecule is O=C(O)CC1(CO)CC(Cc2ccccc2)=NO1. The first kappa shape index (κ1) is 12.6. The Morgan fingerprint density at radius 3 is 2.72 bits per heavy atom. The standard InChI is InChI=1S/C13H15NO4/c15-9-13(8-12(16)17)7-11(14-18-13)6-10-4-2-1-3-5-10/h1-5,15H,6-9H2,(H,16,17). The summed E-state index contributed by atoms with van der Waals surface area (Å²) >= 11 is 0. The number of aliphatic hydroxyl groups is 1. The van der Waals surface area contributed by atoms with Gasteiger partial charge >= 0.3 is 5.97 Å². The first-order valence-electron chi connectivity index (χ1n) is 5.74. The highest BCUT2D eigenvalue weighted by Crippen LogP contribution is 2.28. The van der Waals surface area contributed by atoms with Crippen LogP contribution in [0.15, 0.2) is 35.5 Å². The van der Waals surface area contributed by atoms with Gasteiger partial charge < -0.3 is 15.1 Å². The average molecular weight is 249 g/mol. The molecule has 0 spiro atoms. The van der Waals surface area contributed by atoms with Gasteiger partial charge in [-0.1, -0.05) is 35.5 Å². The predicted octanol–water partition coefficient (Wildman–Crippen LogP) is 1.21. The summed E-state index contributed by atoms with van der Waals surface area (Å²) in [4.78, 5) is 15.9. The summed E-state index contributed by atoms with van der Waals surface area (Å²) in [6, 6.07) is 9.74. The molecule has 1 heterocycles. The second-order valence-electron chi connectivity index (χ2n) is 4.50. The monoisotopic (exact) mass is 249 g/mol. The molecule has 1 aromatic rings. The molecule has 2 rings (SSSR count). The van der Waals surface area contributed by atoms with E-state index in [0.717, 1.165) is 11.3 Å². The first-order valence-corrected chi connectivity index (χ1v) is 5.74. The van der Waals surface area contributed by atoms with E-state index in [4.69, 9.17) is 9.94 Å². The Balaban J connectivity index is 2.00. The molecule has 5 nitrogen and oxygen atoms in total. The van der Waals surface area contributed by atoms with Crippen LogP contribution in [0.3, 0.4) is 0 Å². The molecule has 1 aliphatic heterocycles. The quantitative estimate of drug-likeness (QED) is 0.822. The Bertz CT molecular complexity index is 457. The number of hydrogen-bond acceptors (Lipinski definition) is 4. The van der Waals surface area contributed by atoms with Crippen molar-refractivity contribution in [1.82, 2.24) is 0 Å². The lowest BCUT2D eigenvalue weighted by Gasteiger charge is -2.21. The van der Waals surface area contributed by atoms with Gasteiger partial charge in [0.2, 0.25) is 0 Å². The van der Waals surface area contributed by atoms with Crippen LogP contribution in [0.2, 0.25) is 0 Å². The molecule has 0 aliphatic carbocycles. The number of aliphatic carboxylic acids is 1. The summed E-state index contributed by atoms with van der Waals surface area (Å²) in [7, 11) is 0. The molecule has 0 bridgehead atoms. The van der Waals surface area contributed by atoms with Gasteiger partial charge in [0.05, 0.1) is 18.7 Å². The second kappa shape index (κ2) is 5.18. The van der Waals surface area contributed by atoms with Gasteiger partial charge in [0.25, 0.3) is 0 Å². The number of carbonyl (C=O) groups is 1. The van der Waals surface area contributed by atoms with E-state index < -0.39 is 11.6 Å². The Morgan fingerprint density at radius 1 is 1.39 bits per heavy atom. The van der Waals surface area contributed by atoms with Gasteiger partial charge in [0, 0.05) is 12.8 Å². The summed E-state index contributed by atoms with van der Waals surface area (Å²) in [5.74, 6) is -1.000. The summed E-state index contributed by atoms with van der Waals surface area (Å²) in [5, 5.41) is 22.0. The zero-order valence-electron chi connectivity index (χ0n) is 9.87. The molecule has 1 aliphatic rings. The topological polar surface area (TPSA) is 79.1 Å². The molecule has 96 valence electrons. The predicted molar refractivity (Wildman–Crippen MR) is 65.4 cm³/mol. The third-order valence-electron chi connectivity index (χ3n) is 2.91. The van der Waals surface area contributed by atoms with Crippen molar-refractivity contribution < 1.29 is 19.8 Å². The molecule has 0 amide bonds. The van der Waals surface area contributed by atoms with E-state index in [1.807, 2.05) is 30.3 Å². The van der Waals surface area contributed by atoms with Gasteiger partial charge in [-0.3, -0.25) is 4.79 Å². The van der Waals surface area contributed by atoms with Crippen LogP contribution in [0.5, 0.6) is 0 Å². The number of nitrogens with zero attached hydrogens (tertiary/aromatic N) is 1. The minimum atomic E-state index is -1.09. The van der Waals surface area contributed by atoms with E-state index in [1.165, 1.54) is 0 Å². The first-order chi connectivity index (χ1) is 8.63. The highest BCUT2D eigenvalue weighted by Gasteiger charge is 2.40. The fourth-order valence-electron chi connectivity index (χ4n) is 2.04. The van der Waals surface area contributed by atoms with E-state index in [0.29, 0.717) is 12.8 Å². The molecular formula is C13H15NO4. The van der Waals surface area contributed by atoms with Gasteiger partial charge in [0.1, 0.15) is 0 Å². The molecule has 1 atom stereocenters. The van der Waals surface area contributed by atoms with Crippen LogP contribution in [0.1, 0.15) is 18.4 Å². The molecule has 1 unspecified atom stereocenters. The highest BCUT2D eigenvalue weighted by molar-refractivity contribution is 5.88. The number of rotatable bonds is 5. The number of hydrogen-bond donors (Lipinski definition) is 2. The molecule has 0 fully saturated rings. The average Bonchev–Trinajstić information content (AvgIpc) is 2.73. The van der Waals surface area contributed by atoms with Crippen LogP contribution in [0.4, 0.5) is 0 Å². The fourth-order valence-corrected chi connectivity index (χ4v) is 2.04. The van der Waals surface area contributed by atoms with Crippen molar-refractivity contribution >= 4 is 11.7 Å². The van der Waals surface area contributed by atoms with Crippen LogP contribution in [0.25, 0.3) is 0 Å². The second-order valence-corrected chi connectivity index (χ2v) is 4.50. The van der Waals surface area contributed by atoms with Crippen LogP contribution in [0, 0.1) is 0 Å². The number of benzene rings is 1. The van der Waals surface area contributed by atoms with Gasteiger partial charge in [-0.2, -0.15) is 0 Å². The molecule has 0 aromatic heterocycles. The van der Waals surface area contributed by atoms with E-state index in [1.54, 1.807) is 0 Å². The molecule has 0 radical (unpaired) electrons. The van der Waals surface area contributed by atoms with Gasteiger partial charge in [-0.25, -0.2) is 0 Å². The molecule has 18 heavy (non-hydrogen) atoms. The summed E-state index contributed by atoms with van der Waals surface area (Å²) in [6.45, 7) is -0.346. The van der Waals surface area contributed by atoms with E-state index in [-0.39, 0.29) is 13.0 Å². The number of carboxylic acids is 1. The van der Waals surface area contributed by atoms with Crippen LogP contribution < -0.4 is 0 Å². The zero-order valence-corrected chi connectivity index (χ0v) is 9.87. The summed E-state index contributed by atoms with van der Waals surface area (Å²) in [6.07, 6.45) is 0.720. The lowest BCUT2D eigenvalue weighted by molar-refractivity contribution is -0.147. The Morgan fingerprint density at radius 2 is 2.11 bits per heavy atom. The molecular weight excluding hydrogens is 234 g/mol. The maximum Gasteiger partial charge on any atom is 0.307 e. The third kappa shape index (κ3) is 2.87. The fraction of sp³-hybridized carbons (Fsp3) is 0.385. The Labute approximate surface area is 105 Å².